The lowest BCUT2D eigenvalue weighted by Crippen LogP contribution is -2.68. The number of ether oxygens (including phenoxy) is 2. The van der Waals surface area contributed by atoms with E-state index in [-0.39, 0.29) is 18.1 Å². The number of aliphatic hydroxyl groups is 1. The summed E-state index contributed by atoms with van der Waals surface area (Å²) in [4.78, 5) is 28.7. The zero-order chi connectivity index (χ0) is 17.3. The van der Waals surface area contributed by atoms with Gasteiger partial charge in [0, 0.05) is 0 Å². The third-order valence-corrected chi connectivity index (χ3v) is 3.80. The highest BCUT2D eigenvalue weighted by molar-refractivity contribution is 5.98. The number of carbonyl (C=O) groups excluding carboxylic acids is 1. The fourth-order valence-electron chi connectivity index (χ4n) is 2.62. The SMILES string of the molecule is C=C(CO)C(C(=O)O)N1C(=O)C2N=C(COc3ccccc3)OC21. The summed E-state index contributed by atoms with van der Waals surface area (Å²) in [5.41, 5.74) is 0.00638. The van der Waals surface area contributed by atoms with Crippen LogP contribution in [0.25, 0.3) is 0 Å². The van der Waals surface area contributed by atoms with E-state index in [9.17, 15) is 14.7 Å². The third kappa shape index (κ3) is 2.71. The molecule has 0 aliphatic carbocycles. The second-order valence-corrected chi connectivity index (χ2v) is 5.38. The highest BCUT2D eigenvalue weighted by Gasteiger charge is 2.58. The molecule has 0 saturated carbocycles. The number of hydrogen-bond acceptors (Lipinski definition) is 6. The van der Waals surface area contributed by atoms with Gasteiger partial charge in [-0.05, 0) is 17.7 Å². The molecule has 1 aromatic rings. The second-order valence-electron chi connectivity index (χ2n) is 5.38. The van der Waals surface area contributed by atoms with E-state index in [2.05, 4.69) is 11.6 Å². The van der Waals surface area contributed by atoms with Crippen LogP contribution >= 0.6 is 0 Å². The molecule has 1 amide bonds. The highest BCUT2D eigenvalue weighted by Crippen LogP contribution is 2.33. The molecule has 0 radical (unpaired) electrons. The van der Waals surface area contributed by atoms with Gasteiger partial charge in [-0.2, -0.15) is 0 Å². The first kappa shape index (κ1) is 16.0. The number of aliphatic carboxylic acids is 1. The maximum absolute atomic E-state index is 12.1. The Morgan fingerprint density at radius 1 is 1.42 bits per heavy atom. The molecule has 1 aromatic carbocycles. The van der Waals surface area contributed by atoms with E-state index in [1.165, 1.54) is 0 Å². The van der Waals surface area contributed by atoms with Gasteiger partial charge < -0.3 is 19.7 Å². The Kier molecular flexibility index (Phi) is 4.22. The lowest BCUT2D eigenvalue weighted by molar-refractivity contribution is -0.175. The van der Waals surface area contributed by atoms with E-state index in [4.69, 9.17) is 14.6 Å². The molecule has 24 heavy (non-hydrogen) atoms. The number of carboxylic acids is 1. The van der Waals surface area contributed by atoms with Gasteiger partial charge in [-0.15, -0.1) is 0 Å². The van der Waals surface area contributed by atoms with Crippen molar-refractivity contribution in [1.82, 2.24) is 4.90 Å². The van der Waals surface area contributed by atoms with Gasteiger partial charge in [-0.1, -0.05) is 24.8 Å². The molecule has 0 spiro atoms. The molecule has 0 aromatic heterocycles. The van der Waals surface area contributed by atoms with Gasteiger partial charge in [-0.3, -0.25) is 9.69 Å². The minimum absolute atomic E-state index is 0.00638. The maximum Gasteiger partial charge on any atom is 0.330 e. The van der Waals surface area contributed by atoms with Gasteiger partial charge in [0.15, 0.2) is 18.7 Å². The van der Waals surface area contributed by atoms with Gasteiger partial charge in [0.1, 0.15) is 5.75 Å². The van der Waals surface area contributed by atoms with Crippen LogP contribution < -0.4 is 4.74 Å². The normalized spacial score (nSPS) is 22.8. The van der Waals surface area contributed by atoms with Gasteiger partial charge >= 0.3 is 5.97 Å². The van der Waals surface area contributed by atoms with Gasteiger partial charge in [-0.25, -0.2) is 9.79 Å². The summed E-state index contributed by atoms with van der Waals surface area (Å²) in [5, 5.41) is 18.4. The Labute approximate surface area is 137 Å². The number of nitrogens with zero attached hydrogens (tertiary/aromatic N) is 2. The molecule has 3 rings (SSSR count). The van der Waals surface area contributed by atoms with Crippen LogP contribution in [-0.4, -0.2) is 64.4 Å². The van der Waals surface area contributed by atoms with Crippen LogP contribution in [0.15, 0.2) is 47.5 Å². The summed E-state index contributed by atoms with van der Waals surface area (Å²) in [7, 11) is 0. The minimum Gasteiger partial charge on any atom is -0.484 e. The van der Waals surface area contributed by atoms with Crippen LogP contribution in [0.3, 0.4) is 0 Å². The number of hydrogen-bond donors (Lipinski definition) is 2. The summed E-state index contributed by atoms with van der Waals surface area (Å²) in [6, 6.07) is 6.92. The van der Waals surface area contributed by atoms with Crippen molar-refractivity contribution in [3.05, 3.63) is 42.5 Å². The van der Waals surface area contributed by atoms with Gasteiger partial charge in [0.25, 0.3) is 5.91 Å². The zero-order valence-corrected chi connectivity index (χ0v) is 12.7. The molecule has 0 bridgehead atoms. The number of rotatable bonds is 7. The average Bonchev–Trinajstić information content (AvgIpc) is 2.97. The van der Waals surface area contributed by atoms with E-state index >= 15 is 0 Å². The van der Waals surface area contributed by atoms with Crippen molar-refractivity contribution in [2.75, 3.05) is 13.2 Å². The molecule has 1 fully saturated rings. The number of aliphatic imine (C=N–C) groups is 1. The lowest BCUT2D eigenvalue weighted by atomic mass is 9.98. The lowest BCUT2D eigenvalue weighted by Gasteiger charge is -2.43. The number of benzene rings is 1. The van der Waals surface area contributed by atoms with Crippen molar-refractivity contribution < 1.29 is 29.3 Å². The van der Waals surface area contributed by atoms with E-state index < -0.39 is 36.8 Å². The van der Waals surface area contributed by atoms with Gasteiger partial charge in [0.2, 0.25) is 12.1 Å². The fraction of sp³-hybridized carbons (Fsp3) is 0.312. The molecule has 2 heterocycles. The number of β-lactam (4-membered cyclic amide) rings is 1. The van der Waals surface area contributed by atoms with Crippen LogP contribution in [0.2, 0.25) is 0 Å². The number of carbonyl (C=O) groups is 2. The predicted octanol–water partition coefficient (Wildman–Crippen LogP) is 0.0327. The number of para-hydroxylation sites is 1. The molecule has 3 unspecified atom stereocenters. The maximum atomic E-state index is 12.1. The van der Waals surface area contributed by atoms with Crippen molar-refractivity contribution in [1.29, 1.82) is 0 Å². The Bertz CT molecular complexity index is 702. The zero-order valence-electron chi connectivity index (χ0n) is 12.7. The highest BCUT2D eigenvalue weighted by atomic mass is 16.6. The largest absolute Gasteiger partial charge is 0.484 e. The van der Waals surface area contributed by atoms with E-state index in [1.807, 2.05) is 18.2 Å². The van der Waals surface area contributed by atoms with E-state index in [0.717, 1.165) is 4.90 Å². The Hall–Kier alpha value is -2.87. The standard InChI is InChI=1S/C16H16N2O6/c1-9(7-19)13(16(21)22)18-14(20)12-15(18)24-11(17-12)8-23-10-5-3-2-4-6-10/h2-6,12-13,15,19H,1,7-8H2,(H,21,22). The van der Waals surface area contributed by atoms with Crippen LogP contribution in [0.1, 0.15) is 0 Å². The summed E-state index contributed by atoms with van der Waals surface area (Å²) in [5.74, 6) is -0.901. The van der Waals surface area contributed by atoms with Crippen molar-refractivity contribution >= 4 is 17.8 Å². The van der Waals surface area contributed by atoms with Crippen LogP contribution in [0, 0.1) is 0 Å². The van der Waals surface area contributed by atoms with Crippen molar-refractivity contribution in [2.24, 2.45) is 4.99 Å². The third-order valence-electron chi connectivity index (χ3n) is 3.80. The first-order chi connectivity index (χ1) is 11.5. The first-order valence-electron chi connectivity index (χ1n) is 7.27. The average molecular weight is 332 g/mol. The number of carboxylic acid groups (broad SMARTS) is 1. The first-order valence-corrected chi connectivity index (χ1v) is 7.27. The van der Waals surface area contributed by atoms with Gasteiger partial charge in [0.05, 0.1) is 6.61 Å². The summed E-state index contributed by atoms with van der Waals surface area (Å²) >= 11 is 0. The van der Waals surface area contributed by atoms with Crippen LogP contribution in [0.4, 0.5) is 0 Å². The van der Waals surface area contributed by atoms with Crippen LogP contribution in [-0.2, 0) is 14.3 Å². The second kappa shape index (κ2) is 6.32. The Balaban J connectivity index is 1.65. The monoisotopic (exact) mass is 332 g/mol. The van der Waals surface area contributed by atoms with Crippen molar-refractivity contribution in [3.63, 3.8) is 0 Å². The number of likely N-dealkylation sites (tertiary alicyclic amines) is 1. The molecule has 2 aliphatic heterocycles. The summed E-state index contributed by atoms with van der Waals surface area (Å²) in [6.45, 7) is 3.00. The quantitative estimate of drug-likeness (QED) is 0.539. The summed E-state index contributed by atoms with van der Waals surface area (Å²) < 4.78 is 11.0. The van der Waals surface area contributed by atoms with E-state index in [0.29, 0.717) is 5.75 Å². The molecule has 3 atom stereocenters. The Morgan fingerprint density at radius 2 is 2.12 bits per heavy atom. The number of fused-ring (bicyclic) bond motifs is 1. The molecular formula is C16H16N2O6. The Morgan fingerprint density at radius 3 is 2.75 bits per heavy atom. The smallest absolute Gasteiger partial charge is 0.330 e. The molecule has 126 valence electrons. The van der Waals surface area contributed by atoms with Crippen molar-refractivity contribution in [3.8, 4) is 5.75 Å². The van der Waals surface area contributed by atoms with E-state index in [1.54, 1.807) is 12.1 Å². The number of amides is 1. The fourth-order valence-corrected chi connectivity index (χ4v) is 2.62. The molecule has 1 saturated heterocycles. The van der Waals surface area contributed by atoms with Crippen molar-refractivity contribution in [2.45, 2.75) is 18.3 Å². The minimum atomic E-state index is -1.34. The molecule has 8 heteroatoms. The molecule has 2 aliphatic rings. The topological polar surface area (TPSA) is 109 Å². The molecule has 8 nitrogen and oxygen atoms in total. The molecule has 2 N–H and O–H groups in total. The predicted molar refractivity (Wildman–Crippen MR) is 82.5 cm³/mol. The molecular weight excluding hydrogens is 316 g/mol. The number of aliphatic hydroxyl groups excluding tert-OH is 1. The van der Waals surface area contributed by atoms with Crippen LogP contribution in [0.5, 0.6) is 5.75 Å². The summed E-state index contributed by atoms with van der Waals surface area (Å²) in [6.07, 6.45) is -0.809.